The topological polar surface area (TPSA) is 63.0 Å². The molecule has 5 rings (SSSR count). The number of guanidine groups is 1. The third kappa shape index (κ3) is 4.52. The molecule has 1 unspecified atom stereocenters. The summed E-state index contributed by atoms with van der Waals surface area (Å²) in [6.45, 7) is 6.59. The third-order valence-electron chi connectivity index (χ3n) is 7.19. The fourth-order valence-corrected chi connectivity index (χ4v) is 4.91. The van der Waals surface area contributed by atoms with Gasteiger partial charge in [-0.05, 0) is 68.7 Å². The van der Waals surface area contributed by atoms with Crippen LogP contribution in [0.2, 0.25) is 0 Å². The van der Waals surface area contributed by atoms with Gasteiger partial charge in [0, 0.05) is 25.4 Å². The molecule has 1 atom stereocenters. The molecule has 2 aliphatic heterocycles. The number of ether oxygens (including phenoxy) is 1. The summed E-state index contributed by atoms with van der Waals surface area (Å²) in [5, 5.41) is 0. The van der Waals surface area contributed by atoms with Crippen LogP contribution in [0.25, 0.3) is 11.8 Å². The number of aromatic nitrogens is 2. The lowest BCUT2D eigenvalue weighted by molar-refractivity contribution is -0.129. The van der Waals surface area contributed by atoms with Crippen LogP contribution in [-0.4, -0.2) is 57.5 Å². The highest BCUT2D eigenvalue weighted by Crippen LogP contribution is 2.40. The van der Waals surface area contributed by atoms with E-state index in [0.717, 1.165) is 22.5 Å². The van der Waals surface area contributed by atoms with Gasteiger partial charge in [0.2, 0.25) is 5.96 Å². The van der Waals surface area contributed by atoms with Crippen molar-refractivity contribution in [3.8, 4) is 11.4 Å². The molecule has 3 aromatic rings. The maximum Gasteiger partial charge on any atom is 0.259 e. The average molecular weight is 504 g/mol. The number of hydrogen-bond acceptors (Lipinski definition) is 5. The number of hydrogen-bond donors (Lipinski definition) is 0. The van der Waals surface area contributed by atoms with Crippen molar-refractivity contribution in [2.75, 3.05) is 20.7 Å². The van der Waals surface area contributed by atoms with Gasteiger partial charge in [-0.3, -0.25) is 14.7 Å². The molecule has 1 amide bonds. The number of likely N-dealkylation sites (N-methyl/N-ethyl adjacent to an activating group) is 1. The van der Waals surface area contributed by atoms with Crippen molar-refractivity contribution in [2.24, 2.45) is 4.99 Å². The molecule has 1 fully saturated rings. The lowest BCUT2D eigenvalue weighted by atomic mass is 9.85. The Labute approximate surface area is 217 Å². The zero-order chi connectivity index (χ0) is 25.6. The van der Waals surface area contributed by atoms with Crippen molar-refractivity contribution in [2.45, 2.75) is 46.2 Å². The van der Waals surface area contributed by atoms with Crippen LogP contribution in [0, 0.1) is 12.7 Å². The predicted molar refractivity (Wildman–Crippen MR) is 144 cm³/mol. The zero-order valence-electron chi connectivity index (χ0n) is 21.2. The van der Waals surface area contributed by atoms with Crippen LogP contribution < -0.4 is 4.74 Å². The molecule has 0 saturated carbocycles. The minimum Gasteiger partial charge on any atom is -0.495 e. The second-order valence-electron chi connectivity index (χ2n) is 9.74. The Morgan fingerprint density at radius 2 is 1.89 bits per heavy atom. The Morgan fingerprint density at radius 1 is 1.16 bits per heavy atom. The van der Waals surface area contributed by atoms with E-state index in [0.29, 0.717) is 30.2 Å². The van der Waals surface area contributed by atoms with E-state index >= 15 is 0 Å². The summed E-state index contributed by atoms with van der Waals surface area (Å²) in [5.41, 5.74) is 3.58. The fourth-order valence-electron chi connectivity index (χ4n) is 4.91. The molecular weight excluding hydrogens is 469 g/mol. The molecule has 2 aliphatic rings. The average Bonchev–Trinajstić information content (AvgIpc) is 3.31. The van der Waals surface area contributed by atoms with Crippen molar-refractivity contribution in [3.63, 3.8) is 0 Å². The van der Waals surface area contributed by atoms with Crippen molar-refractivity contribution in [1.82, 2.24) is 19.4 Å². The summed E-state index contributed by atoms with van der Waals surface area (Å²) >= 11 is 0. The fraction of sp³-hybridized carbons (Fsp3) is 0.345. The summed E-state index contributed by atoms with van der Waals surface area (Å²) in [4.78, 5) is 26.9. The summed E-state index contributed by atoms with van der Waals surface area (Å²) in [6.07, 6.45) is 6.29. The van der Waals surface area contributed by atoms with E-state index in [1.54, 1.807) is 30.5 Å². The van der Waals surface area contributed by atoms with Crippen LogP contribution in [0.3, 0.4) is 0 Å². The van der Waals surface area contributed by atoms with Crippen molar-refractivity contribution >= 4 is 17.9 Å². The van der Waals surface area contributed by atoms with Gasteiger partial charge in [-0.15, -0.1) is 0 Å². The van der Waals surface area contributed by atoms with Gasteiger partial charge in [-0.2, -0.15) is 0 Å². The molecule has 8 heteroatoms. The number of nitrogens with zero attached hydrogens (tertiary/aromatic N) is 5. The van der Waals surface area contributed by atoms with Gasteiger partial charge < -0.3 is 14.2 Å². The van der Waals surface area contributed by atoms with Crippen molar-refractivity contribution in [3.05, 3.63) is 83.2 Å². The maximum atomic E-state index is 14.1. The molecule has 37 heavy (non-hydrogen) atoms. The second kappa shape index (κ2) is 9.84. The number of methoxy groups -OCH3 is 1. The van der Waals surface area contributed by atoms with Gasteiger partial charge in [0.1, 0.15) is 11.6 Å². The molecule has 3 heterocycles. The first kappa shape index (κ1) is 26.1. The van der Waals surface area contributed by atoms with E-state index in [4.69, 9.17) is 9.73 Å². The maximum absolute atomic E-state index is 14.1. The van der Waals surface area contributed by atoms with Gasteiger partial charge in [0.15, 0.2) is 0 Å². The number of aliphatic imine (C=N–C) groups is 1. The number of halogens is 1. The molecule has 0 radical (unpaired) electrons. The largest absolute Gasteiger partial charge is 0.495 e. The molecule has 194 valence electrons. The smallest absolute Gasteiger partial charge is 0.259 e. The van der Waals surface area contributed by atoms with Crippen molar-refractivity contribution < 1.29 is 13.9 Å². The Kier molecular flexibility index (Phi) is 6.95. The van der Waals surface area contributed by atoms with Crippen LogP contribution >= 0.6 is 0 Å². The first-order valence-electron chi connectivity index (χ1n) is 12.0. The normalized spacial score (nSPS) is 19.8. The summed E-state index contributed by atoms with van der Waals surface area (Å²) < 4.78 is 21.2. The third-order valence-corrected chi connectivity index (χ3v) is 7.19. The van der Waals surface area contributed by atoms with Gasteiger partial charge in [-0.1, -0.05) is 25.6 Å². The van der Waals surface area contributed by atoms with Gasteiger partial charge in [0.25, 0.3) is 5.91 Å². The Hall–Kier alpha value is -3.94. The van der Waals surface area contributed by atoms with E-state index < -0.39 is 5.54 Å². The first-order valence-corrected chi connectivity index (χ1v) is 12.0. The quantitative estimate of drug-likeness (QED) is 0.447. The summed E-state index contributed by atoms with van der Waals surface area (Å²) in [7, 11) is 3.59. The zero-order valence-corrected chi connectivity index (χ0v) is 21.2. The van der Waals surface area contributed by atoms with Crippen LogP contribution in [0.15, 0.2) is 65.6 Å². The lowest BCUT2D eigenvalue weighted by Gasteiger charge is -2.51. The van der Waals surface area contributed by atoms with Crippen LogP contribution in [0.1, 0.15) is 50.6 Å². The molecule has 7 nitrogen and oxygen atoms in total. The number of fused-ring (bicyclic) bond motifs is 1. The van der Waals surface area contributed by atoms with E-state index in [1.165, 1.54) is 12.1 Å². The van der Waals surface area contributed by atoms with E-state index in [-0.39, 0.29) is 25.2 Å². The standard InChI is InChI=1S/C28H30FN5O2.CH4/c1-18-16-33(17-31-18)24-11-6-19(15-25(24)36-5)14-22-26(35)34-23(20-7-9-21(29)10-8-20)12-13-30-27(34)32(4)28(22,2)3;/h6-11,14-17,23H,12-13H2,1-5H3;1H4/b22-14-;. The molecule has 0 aliphatic carbocycles. The minimum absolute atomic E-state index is 0. The second-order valence-corrected chi connectivity index (χ2v) is 9.74. The molecular formula is C29H34FN5O2. The molecule has 0 spiro atoms. The number of aryl methyl sites for hydroxylation is 1. The molecule has 1 saturated heterocycles. The molecule has 2 aromatic carbocycles. The Balaban J connectivity index is 0.00000320. The first-order chi connectivity index (χ1) is 17.2. The van der Waals surface area contributed by atoms with E-state index in [1.807, 2.05) is 62.9 Å². The van der Waals surface area contributed by atoms with Gasteiger partial charge in [-0.25, -0.2) is 9.37 Å². The van der Waals surface area contributed by atoms with Gasteiger partial charge in [0.05, 0.1) is 36.4 Å². The number of amides is 1. The number of benzene rings is 2. The number of carbonyl (C=O) groups is 1. The lowest BCUT2D eigenvalue weighted by Crippen LogP contribution is -2.63. The molecule has 0 bridgehead atoms. The van der Waals surface area contributed by atoms with Crippen LogP contribution in [0.4, 0.5) is 4.39 Å². The van der Waals surface area contributed by atoms with Crippen LogP contribution in [0.5, 0.6) is 5.75 Å². The molecule has 1 aromatic heterocycles. The van der Waals surface area contributed by atoms with Crippen molar-refractivity contribution in [1.29, 1.82) is 0 Å². The van der Waals surface area contributed by atoms with E-state index in [2.05, 4.69) is 9.88 Å². The minimum atomic E-state index is -0.593. The highest BCUT2D eigenvalue weighted by molar-refractivity contribution is 6.12. The Bertz CT molecular complexity index is 1370. The van der Waals surface area contributed by atoms with Crippen LogP contribution in [-0.2, 0) is 4.79 Å². The van der Waals surface area contributed by atoms with Gasteiger partial charge >= 0.3 is 0 Å². The van der Waals surface area contributed by atoms with E-state index in [9.17, 15) is 9.18 Å². The highest BCUT2D eigenvalue weighted by atomic mass is 19.1. The predicted octanol–water partition coefficient (Wildman–Crippen LogP) is 5.40. The summed E-state index contributed by atoms with van der Waals surface area (Å²) in [5.74, 6) is 0.932. The monoisotopic (exact) mass is 503 g/mol. The number of rotatable bonds is 4. The SMILES string of the molecule is C.COc1cc(/C=C2/C(=O)N3C(=NCCC3c3ccc(F)cc3)N(C)C2(C)C)ccc1-n1cnc(C)c1. The molecule has 0 N–H and O–H groups in total. The number of imidazole rings is 1. The Morgan fingerprint density at radius 3 is 2.54 bits per heavy atom. The highest BCUT2D eigenvalue weighted by Gasteiger charge is 2.48. The summed E-state index contributed by atoms with van der Waals surface area (Å²) in [6, 6.07) is 12.0. The number of carbonyl (C=O) groups excluding carboxylic acids is 1.